The summed E-state index contributed by atoms with van der Waals surface area (Å²) in [6.07, 6.45) is 9.21. The van der Waals surface area contributed by atoms with Crippen LogP contribution in [-0.2, 0) is 15.8 Å². The van der Waals surface area contributed by atoms with Crippen molar-refractivity contribution in [2.45, 2.75) is 50.7 Å². The molecule has 2 N–H and O–H groups in total. The molecule has 0 aliphatic carbocycles. The van der Waals surface area contributed by atoms with Crippen LogP contribution in [0.25, 0.3) is 0 Å². The second-order valence-electron chi connectivity index (χ2n) is 10.7. The Morgan fingerprint density at radius 2 is 1.79 bits per heavy atom. The predicted octanol–water partition coefficient (Wildman–Crippen LogP) is 6.85. The number of rotatable bonds is 8. The van der Waals surface area contributed by atoms with Crippen molar-refractivity contribution in [3.8, 4) is 11.5 Å². The number of anilines is 1. The molecule has 2 heterocycles. The SMILES string of the molecule is C=C/C=C\C=C(/C)C(c1ccccc1)N1C(=O)C(O)(c2cc3c(cc2O)OCC3(C)CCC)c2ccccc21. The van der Waals surface area contributed by atoms with Crippen LogP contribution < -0.4 is 9.64 Å². The van der Waals surface area contributed by atoms with E-state index in [1.54, 1.807) is 29.2 Å². The van der Waals surface area contributed by atoms with Gasteiger partial charge in [0.25, 0.3) is 5.91 Å². The molecule has 3 unspecified atom stereocenters. The summed E-state index contributed by atoms with van der Waals surface area (Å²) in [5.74, 6) is -0.0786. The molecule has 5 rings (SSSR count). The van der Waals surface area contributed by atoms with Crippen molar-refractivity contribution in [3.63, 3.8) is 0 Å². The van der Waals surface area contributed by atoms with Crippen molar-refractivity contribution in [1.82, 2.24) is 0 Å². The molecule has 3 atom stereocenters. The smallest absolute Gasteiger partial charge is 0.269 e. The van der Waals surface area contributed by atoms with Gasteiger partial charge in [-0.15, -0.1) is 0 Å². The van der Waals surface area contributed by atoms with E-state index in [1.165, 1.54) is 0 Å². The number of fused-ring (bicyclic) bond motifs is 2. The number of para-hydroxylation sites is 1. The lowest BCUT2D eigenvalue weighted by molar-refractivity contribution is -0.132. The number of aromatic hydroxyl groups is 1. The van der Waals surface area contributed by atoms with Crippen molar-refractivity contribution < 1.29 is 19.7 Å². The summed E-state index contributed by atoms with van der Waals surface area (Å²) < 4.78 is 5.93. The standard InChI is InChI=1S/C34H35NO4/c1-5-7-9-14-23(3)31(24-15-10-8-11-16-24)35-28-18-13-12-17-25(28)34(38,32(35)37)26-20-27-30(21-29(26)36)39-22-33(27,4)19-6-2/h5,7-18,20-21,31,36,38H,1,6,19,22H2,2-4H3/b9-7-,23-14+. The predicted molar refractivity (Wildman–Crippen MR) is 155 cm³/mol. The third-order valence-corrected chi connectivity index (χ3v) is 7.98. The van der Waals surface area contributed by atoms with E-state index in [9.17, 15) is 15.0 Å². The summed E-state index contributed by atoms with van der Waals surface area (Å²) in [5.41, 5.74) is 1.60. The molecule has 3 aromatic rings. The molecule has 3 aromatic carbocycles. The van der Waals surface area contributed by atoms with E-state index in [1.807, 2.05) is 73.7 Å². The number of aliphatic hydroxyl groups is 1. The lowest BCUT2D eigenvalue weighted by Crippen LogP contribution is -2.43. The normalized spacial score (nSPS) is 23.0. The number of phenolic OH excluding ortho intramolecular Hbond substituents is 1. The minimum atomic E-state index is -2.07. The van der Waals surface area contributed by atoms with Gasteiger partial charge in [0.1, 0.15) is 11.5 Å². The number of carbonyl (C=O) groups excluding carboxylic acids is 1. The first-order valence-corrected chi connectivity index (χ1v) is 13.4. The Kier molecular flexibility index (Phi) is 6.96. The first-order valence-electron chi connectivity index (χ1n) is 13.4. The van der Waals surface area contributed by atoms with Gasteiger partial charge in [-0.3, -0.25) is 9.69 Å². The van der Waals surface area contributed by atoms with E-state index in [4.69, 9.17) is 4.74 Å². The van der Waals surface area contributed by atoms with Gasteiger partial charge >= 0.3 is 0 Å². The number of carbonyl (C=O) groups is 1. The highest BCUT2D eigenvalue weighted by atomic mass is 16.5. The Balaban J connectivity index is 1.71. The first kappa shape index (κ1) is 26.5. The van der Waals surface area contributed by atoms with Crippen molar-refractivity contribution in [1.29, 1.82) is 0 Å². The van der Waals surface area contributed by atoms with E-state index >= 15 is 0 Å². The number of allylic oxidation sites excluding steroid dienone is 4. The number of hydrogen-bond acceptors (Lipinski definition) is 4. The van der Waals surface area contributed by atoms with E-state index in [-0.39, 0.29) is 16.7 Å². The second kappa shape index (κ2) is 10.2. The zero-order valence-corrected chi connectivity index (χ0v) is 22.7. The van der Waals surface area contributed by atoms with Crippen LogP contribution in [0, 0.1) is 0 Å². The fourth-order valence-electron chi connectivity index (χ4n) is 6.06. The van der Waals surface area contributed by atoms with Crippen LogP contribution in [0.4, 0.5) is 5.69 Å². The van der Waals surface area contributed by atoms with Gasteiger partial charge in [-0.05, 0) is 36.6 Å². The van der Waals surface area contributed by atoms with Crippen LogP contribution >= 0.6 is 0 Å². The summed E-state index contributed by atoms with van der Waals surface area (Å²) in [6.45, 7) is 10.5. The molecule has 200 valence electrons. The van der Waals surface area contributed by atoms with Gasteiger partial charge in [-0.25, -0.2) is 0 Å². The summed E-state index contributed by atoms with van der Waals surface area (Å²) in [7, 11) is 0. The summed E-state index contributed by atoms with van der Waals surface area (Å²) in [5, 5.41) is 23.6. The van der Waals surface area contributed by atoms with Gasteiger partial charge in [0.15, 0.2) is 5.60 Å². The minimum absolute atomic E-state index is 0.167. The largest absolute Gasteiger partial charge is 0.507 e. The number of hydrogen-bond donors (Lipinski definition) is 2. The quantitative estimate of drug-likeness (QED) is 0.318. The number of benzene rings is 3. The van der Waals surface area contributed by atoms with Gasteiger partial charge in [-0.1, -0.05) is 99.7 Å². The summed E-state index contributed by atoms with van der Waals surface area (Å²) >= 11 is 0. The van der Waals surface area contributed by atoms with Gasteiger partial charge in [0.05, 0.1) is 18.3 Å². The third kappa shape index (κ3) is 4.27. The molecular weight excluding hydrogens is 486 g/mol. The lowest BCUT2D eigenvalue weighted by atomic mass is 9.77. The maximum absolute atomic E-state index is 14.5. The third-order valence-electron chi connectivity index (χ3n) is 7.98. The van der Waals surface area contributed by atoms with E-state index < -0.39 is 17.6 Å². The molecule has 5 heteroatoms. The Morgan fingerprint density at radius 3 is 2.51 bits per heavy atom. The van der Waals surface area contributed by atoms with Crippen LogP contribution in [0.2, 0.25) is 0 Å². The average Bonchev–Trinajstić information content (AvgIpc) is 3.36. The molecule has 0 spiro atoms. The molecule has 0 aromatic heterocycles. The molecule has 0 saturated heterocycles. The van der Waals surface area contributed by atoms with Crippen LogP contribution in [0.3, 0.4) is 0 Å². The Hall–Kier alpha value is -4.09. The lowest BCUT2D eigenvalue weighted by Gasteiger charge is -2.32. The van der Waals surface area contributed by atoms with E-state index in [2.05, 4.69) is 20.4 Å². The fourth-order valence-corrected chi connectivity index (χ4v) is 6.06. The van der Waals surface area contributed by atoms with Crippen molar-refractivity contribution in [2.75, 3.05) is 11.5 Å². The van der Waals surface area contributed by atoms with E-state index in [0.717, 1.165) is 29.5 Å². The fraction of sp³-hybridized carbons (Fsp3) is 0.265. The second-order valence-corrected chi connectivity index (χ2v) is 10.7. The molecular formula is C34H35NO4. The van der Waals surface area contributed by atoms with Gasteiger partial charge in [0.2, 0.25) is 0 Å². The maximum Gasteiger partial charge on any atom is 0.269 e. The average molecular weight is 522 g/mol. The highest BCUT2D eigenvalue weighted by Crippen LogP contribution is 2.53. The van der Waals surface area contributed by atoms with Crippen LogP contribution in [0.1, 0.15) is 61.9 Å². The monoisotopic (exact) mass is 521 g/mol. The topological polar surface area (TPSA) is 70.0 Å². The molecule has 5 nitrogen and oxygen atoms in total. The molecule has 0 radical (unpaired) electrons. The molecule has 39 heavy (non-hydrogen) atoms. The van der Waals surface area contributed by atoms with Crippen LogP contribution in [0.5, 0.6) is 11.5 Å². The molecule has 0 fully saturated rings. The van der Waals surface area contributed by atoms with Crippen molar-refractivity contribution in [2.24, 2.45) is 0 Å². The van der Waals surface area contributed by atoms with Gasteiger partial charge in [-0.2, -0.15) is 0 Å². The molecule has 0 bridgehead atoms. The minimum Gasteiger partial charge on any atom is -0.507 e. The Labute approximate surface area is 230 Å². The summed E-state index contributed by atoms with van der Waals surface area (Å²) in [6, 6.07) is 19.9. The maximum atomic E-state index is 14.5. The van der Waals surface area contributed by atoms with E-state index in [0.29, 0.717) is 23.6 Å². The van der Waals surface area contributed by atoms with Gasteiger partial charge in [0, 0.05) is 28.2 Å². The van der Waals surface area contributed by atoms with Crippen molar-refractivity contribution in [3.05, 3.63) is 125 Å². The van der Waals surface area contributed by atoms with Gasteiger partial charge < -0.3 is 14.9 Å². The molecule has 1 amide bonds. The molecule has 0 saturated carbocycles. The Morgan fingerprint density at radius 1 is 1.08 bits per heavy atom. The zero-order valence-electron chi connectivity index (χ0n) is 22.7. The van der Waals surface area contributed by atoms with Crippen LogP contribution in [0.15, 0.2) is 103 Å². The van der Waals surface area contributed by atoms with Crippen LogP contribution in [-0.4, -0.2) is 22.7 Å². The number of phenols is 1. The highest BCUT2D eigenvalue weighted by molar-refractivity contribution is 6.10. The zero-order chi connectivity index (χ0) is 27.8. The number of ether oxygens (including phenoxy) is 1. The first-order chi connectivity index (χ1) is 18.8. The molecule has 2 aliphatic rings. The number of amides is 1. The number of nitrogens with zero attached hydrogens (tertiary/aromatic N) is 1. The summed E-state index contributed by atoms with van der Waals surface area (Å²) in [4.78, 5) is 16.2. The molecule has 2 aliphatic heterocycles. The Bertz CT molecular complexity index is 1470. The highest BCUT2D eigenvalue weighted by Gasteiger charge is 2.55. The van der Waals surface area contributed by atoms with Crippen molar-refractivity contribution >= 4 is 11.6 Å².